The Morgan fingerprint density at radius 3 is 2.68 bits per heavy atom. The van der Waals surface area contributed by atoms with E-state index in [1.807, 2.05) is 38.1 Å². The van der Waals surface area contributed by atoms with Crippen molar-refractivity contribution in [3.05, 3.63) is 47.3 Å². The van der Waals surface area contributed by atoms with Crippen LogP contribution < -0.4 is 4.74 Å². The molecule has 0 saturated carbocycles. The lowest BCUT2D eigenvalue weighted by Crippen LogP contribution is -2.19. The van der Waals surface area contributed by atoms with Crippen molar-refractivity contribution in [3.8, 4) is 5.75 Å². The molecule has 1 aromatic heterocycles. The monoisotopic (exact) mass is 260 g/mol. The molecule has 0 aliphatic heterocycles. The quantitative estimate of drug-likeness (QED) is 0.885. The van der Waals surface area contributed by atoms with Gasteiger partial charge in [0.2, 0.25) is 0 Å². The molecule has 0 spiro atoms. The minimum Gasteiger partial charge on any atom is -0.497 e. The molecule has 2 rings (SSSR count). The molecule has 100 valence electrons. The second-order valence-corrected chi connectivity index (χ2v) is 4.83. The Kier molecular flexibility index (Phi) is 3.29. The van der Waals surface area contributed by atoms with Gasteiger partial charge in [-0.25, -0.2) is 4.79 Å². The second kappa shape index (κ2) is 4.76. The zero-order chi connectivity index (χ0) is 14.0. The number of nitrogens with one attached hydrogen (secondary N) is 1. The smallest absolute Gasteiger partial charge is 0.356 e. The molecule has 0 aliphatic carbocycles. The standard InChI is InChI=1S/C14H16N2O3/c1-14(2,9-5-4-6-10(7-9)19-3)12-8-11(13(17)18)15-16-12/h4-8H,1-3H3,(H,15,16)(H,17,18). The number of hydrogen-bond donors (Lipinski definition) is 2. The SMILES string of the molecule is COc1cccc(C(C)(C)c2cc(C(=O)O)n[nH]2)c1. The number of ether oxygens (including phenoxy) is 1. The Balaban J connectivity index is 2.41. The van der Waals surface area contributed by atoms with Gasteiger partial charge in [0.05, 0.1) is 7.11 Å². The first kappa shape index (κ1) is 13.1. The molecule has 5 nitrogen and oxygen atoms in total. The van der Waals surface area contributed by atoms with Crippen LogP contribution in [0.1, 0.15) is 35.6 Å². The van der Waals surface area contributed by atoms with Crippen LogP contribution in [0.25, 0.3) is 0 Å². The summed E-state index contributed by atoms with van der Waals surface area (Å²) < 4.78 is 5.21. The van der Waals surface area contributed by atoms with Crippen molar-refractivity contribution in [3.63, 3.8) is 0 Å². The van der Waals surface area contributed by atoms with Gasteiger partial charge in [0.25, 0.3) is 0 Å². The van der Waals surface area contributed by atoms with E-state index in [1.54, 1.807) is 13.2 Å². The molecule has 2 N–H and O–H groups in total. The van der Waals surface area contributed by atoms with Crippen molar-refractivity contribution in [1.29, 1.82) is 0 Å². The Morgan fingerprint density at radius 1 is 1.37 bits per heavy atom. The first-order valence-electron chi connectivity index (χ1n) is 5.89. The Bertz CT molecular complexity index is 602. The van der Waals surface area contributed by atoms with Gasteiger partial charge in [0.1, 0.15) is 5.75 Å². The molecule has 0 atom stereocenters. The number of nitrogens with zero attached hydrogens (tertiary/aromatic N) is 1. The normalized spacial score (nSPS) is 11.3. The maximum Gasteiger partial charge on any atom is 0.356 e. The molecule has 2 aromatic rings. The lowest BCUT2D eigenvalue weighted by atomic mass is 9.81. The van der Waals surface area contributed by atoms with Crippen molar-refractivity contribution in [2.45, 2.75) is 19.3 Å². The molecule has 0 aliphatic rings. The van der Waals surface area contributed by atoms with E-state index in [9.17, 15) is 4.79 Å². The number of H-pyrrole nitrogens is 1. The summed E-state index contributed by atoms with van der Waals surface area (Å²) in [5.74, 6) is -0.271. The van der Waals surface area contributed by atoms with Gasteiger partial charge < -0.3 is 9.84 Å². The molecule has 0 unspecified atom stereocenters. The number of hydrogen-bond acceptors (Lipinski definition) is 3. The summed E-state index contributed by atoms with van der Waals surface area (Å²) in [6.07, 6.45) is 0. The van der Waals surface area contributed by atoms with E-state index >= 15 is 0 Å². The van der Waals surface area contributed by atoms with Gasteiger partial charge in [0, 0.05) is 11.1 Å². The zero-order valence-electron chi connectivity index (χ0n) is 11.1. The van der Waals surface area contributed by atoms with E-state index < -0.39 is 5.97 Å². The third-order valence-corrected chi connectivity index (χ3v) is 3.26. The highest BCUT2D eigenvalue weighted by atomic mass is 16.5. The van der Waals surface area contributed by atoms with E-state index in [0.717, 1.165) is 17.0 Å². The van der Waals surface area contributed by atoms with Crippen molar-refractivity contribution < 1.29 is 14.6 Å². The number of carbonyl (C=O) groups is 1. The van der Waals surface area contributed by atoms with Crippen LogP contribution >= 0.6 is 0 Å². The first-order valence-corrected chi connectivity index (χ1v) is 5.89. The van der Waals surface area contributed by atoms with Crippen molar-refractivity contribution >= 4 is 5.97 Å². The average Bonchev–Trinajstić information content (AvgIpc) is 2.89. The Morgan fingerprint density at radius 2 is 2.11 bits per heavy atom. The van der Waals surface area contributed by atoms with Gasteiger partial charge in [-0.15, -0.1) is 0 Å². The molecule has 0 bridgehead atoms. The number of carboxylic acid groups (broad SMARTS) is 1. The van der Waals surface area contributed by atoms with Crippen LogP contribution in [0.2, 0.25) is 0 Å². The maximum atomic E-state index is 10.9. The van der Waals surface area contributed by atoms with Crippen LogP contribution in [0, 0.1) is 0 Å². The molecule has 5 heteroatoms. The number of aromatic nitrogens is 2. The largest absolute Gasteiger partial charge is 0.497 e. The number of benzene rings is 1. The van der Waals surface area contributed by atoms with Crippen LogP contribution in [-0.4, -0.2) is 28.4 Å². The Labute approximate surface area is 111 Å². The number of rotatable bonds is 4. The first-order chi connectivity index (χ1) is 8.95. The van der Waals surface area contributed by atoms with E-state index in [0.29, 0.717) is 0 Å². The fourth-order valence-corrected chi connectivity index (χ4v) is 1.92. The molecule has 19 heavy (non-hydrogen) atoms. The number of aromatic carboxylic acids is 1. The van der Waals surface area contributed by atoms with Crippen molar-refractivity contribution in [2.24, 2.45) is 0 Å². The number of methoxy groups -OCH3 is 1. The highest BCUT2D eigenvalue weighted by Crippen LogP contribution is 2.32. The number of carboxylic acids is 1. The maximum absolute atomic E-state index is 10.9. The van der Waals surface area contributed by atoms with Gasteiger partial charge in [-0.2, -0.15) is 5.10 Å². The predicted octanol–water partition coefficient (Wildman–Crippen LogP) is 2.44. The second-order valence-electron chi connectivity index (χ2n) is 4.83. The molecule has 0 saturated heterocycles. The molecule has 1 aromatic carbocycles. The van der Waals surface area contributed by atoms with Crippen LogP contribution in [-0.2, 0) is 5.41 Å². The molecule has 0 fully saturated rings. The average molecular weight is 260 g/mol. The van der Waals surface area contributed by atoms with Crippen LogP contribution in [0.5, 0.6) is 5.75 Å². The van der Waals surface area contributed by atoms with Gasteiger partial charge in [-0.3, -0.25) is 5.10 Å². The molecule has 0 radical (unpaired) electrons. The molecule has 0 amide bonds. The van der Waals surface area contributed by atoms with E-state index in [4.69, 9.17) is 9.84 Å². The third-order valence-electron chi connectivity index (χ3n) is 3.26. The topological polar surface area (TPSA) is 75.2 Å². The summed E-state index contributed by atoms with van der Waals surface area (Å²) in [4.78, 5) is 10.9. The van der Waals surface area contributed by atoms with E-state index in [2.05, 4.69) is 10.2 Å². The van der Waals surface area contributed by atoms with Crippen LogP contribution in [0.3, 0.4) is 0 Å². The minimum atomic E-state index is -1.04. The van der Waals surface area contributed by atoms with Crippen molar-refractivity contribution in [2.75, 3.05) is 7.11 Å². The van der Waals surface area contributed by atoms with Crippen LogP contribution in [0.15, 0.2) is 30.3 Å². The highest BCUT2D eigenvalue weighted by Gasteiger charge is 2.26. The van der Waals surface area contributed by atoms with Crippen molar-refractivity contribution in [1.82, 2.24) is 10.2 Å². The van der Waals surface area contributed by atoms with E-state index in [-0.39, 0.29) is 11.1 Å². The minimum absolute atomic E-state index is 0.0194. The van der Waals surface area contributed by atoms with Gasteiger partial charge in [0.15, 0.2) is 5.69 Å². The molecular weight excluding hydrogens is 244 g/mol. The van der Waals surface area contributed by atoms with Gasteiger partial charge >= 0.3 is 5.97 Å². The number of aromatic amines is 1. The highest BCUT2D eigenvalue weighted by molar-refractivity contribution is 5.85. The zero-order valence-corrected chi connectivity index (χ0v) is 11.1. The predicted molar refractivity (Wildman–Crippen MR) is 70.7 cm³/mol. The summed E-state index contributed by atoms with van der Waals surface area (Å²) in [5, 5.41) is 15.5. The third kappa shape index (κ3) is 2.45. The summed E-state index contributed by atoms with van der Waals surface area (Å²) >= 11 is 0. The summed E-state index contributed by atoms with van der Waals surface area (Å²) in [6, 6.07) is 9.24. The molecule has 1 heterocycles. The molecular formula is C14H16N2O3. The Hall–Kier alpha value is -2.30. The summed E-state index contributed by atoms with van der Waals surface area (Å²) in [7, 11) is 1.62. The fraction of sp³-hybridized carbons (Fsp3) is 0.286. The lowest BCUT2D eigenvalue weighted by molar-refractivity contribution is 0.0690. The summed E-state index contributed by atoms with van der Waals surface area (Å²) in [6.45, 7) is 4.00. The lowest BCUT2D eigenvalue weighted by Gasteiger charge is -2.24. The van der Waals surface area contributed by atoms with E-state index in [1.165, 1.54) is 0 Å². The van der Waals surface area contributed by atoms with Crippen LogP contribution in [0.4, 0.5) is 0 Å². The van der Waals surface area contributed by atoms with Gasteiger partial charge in [-0.05, 0) is 23.8 Å². The van der Waals surface area contributed by atoms with Gasteiger partial charge in [-0.1, -0.05) is 26.0 Å². The summed E-state index contributed by atoms with van der Waals surface area (Å²) in [5.41, 5.74) is 1.41. The fourth-order valence-electron chi connectivity index (χ4n) is 1.92.